The fourth-order valence-corrected chi connectivity index (χ4v) is 9.35. The first-order chi connectivity index (χ1) is 27.8. The Morgan fingerprint density at radius 2 is 1.09 bits per heavy atom. The van der Waals surface area contributed by atoms with Crippen molar-refractivity contribution < 1.29 is 0 Å². The summed E-state index contributed by atoms with van der Waals surface area (Å²) in [6.07, 6.45) is -0.342. The average molecular weight is 719 g/mol. The molecule has 56 heavy (non-hydrogen) atoms. The molecule has 0 fully saturated rings. The molecule has 1 aromatic heterocycles. The molecule has 2 atom stereocenters. The summed E-state index contributed by atoms with van der Waals surface area (Å²) in [5, 5.41) is 10.00. The minimum atomic E-state index is -0.532. The number of benzene rings is 8. The molecule has 4 heteroatoms. The maximum atomic E-state index is 5.13. The Bertz CT molecular complexity index is 2860. The molecule has 0 radical (unpaired) electrons. The van der Waals surface area contributed by atoms with Crippen molar-refractivity contribution in [1.82, 2.24) is 15.2 Å². The molecule has 1 aliphatic heterocycles. The summed E-state index contributed by atoms with van der Waals surface area (Å²) >= 11 is 0. The first-order valence-electron chi connectivity index (χ1n) is 19.4. The lowest BCUT2D eigenvalue weighted by Gasteiger charge is -2.34. The van der Waals surface area contributed by atoms with Crippen LogP contribution in [0.1, 0.15) is 51.3 Å². The van der Waals surface area contributed by atoms with Gasteiger partial charge in [-0.1, -0.05) is 188 Å². The van der Waals surface area contributed by atoms with Crippen molar-refractivity contribution in [2.24, 2.45) is 4.99 Å². The van der Waals surface area contributed by atoms with Crippen molar-refractivity contribution >= 4 is 27.6 Å². The van der Waals surface area contributed by atoms with Gasteiger partial charge in [0.25, 0.3) is 0 Å². The van der Waals surface area contributed by atoms with E-state index in [-0.39, 0.29) is 12.3 Å². The maximum absolute atomic E-state index is 5.13. The van der Waals surface area contributed by atoms with Gasteiger partial charge in [0.15, 0.2) is 0 Å². The number of hydrogen-bond acceptors (Lipinski definition) is 3. The third-order valence-electron chi connectivity index (χ3n) is 11.8. The molecule has 8 aromatic carbocycles. The third kappa shape index (κ3) is 4.93. The van der Waals surface area contributed by atoms with Crippen LogP contribution < -0.4 is 10.6 Å². The van der Waals surface area contributed by atoms with Crippen LogP contribution in [-0.2, 0) is 5.41 Å². The van der Waals surface area contributed by atoms with Crippen LogP contribution in [0.4, 0.5) is 0 Å². The summed E-state index contributed by atoms with van der Waals surface area (Å²) in [6.45, 7) is 0. The molecule has 11 rings (SSSR count). The molecule has 0 saturated heterocycles. The molecule has 266 valence electrons. The molecule has 0 saturated carbocycles. The highest BCUT2D eigenvalue weighted by Gasteiger charge is 2.48. The number of hydrogen-bond donors (Lipinski definition) is 2. The summed E-state index contributed by atoms with van der Waals surface area (Å²) in [4.78, 5) is 5.13. The van der Waals surface area contributed by atoms with E-state index in [0.29, 0.717) is 0 Å². The molecule has 0 bridgehead atoms. The quantitative estimate of drug-likeness (QED) is 0.180. The Labute approximate surface area is 326 Å². The molecule has 2 heterocycles. The van der Waals surface area contributed by atoms with Gasteiger partial charge >= 0.3 is 0 Å². The van der Waals surface area contributed by atoms with Crippen molar-refractivity contribution in [2.45, 2.75) is 17.7 Å². The zero-order valence-corrected chi connectivity index (χ0v) is 30.7. The van der Waals surface area contributed by atoms with Crippen molar-refractivity contribution in [1.29, 1.82) is 0 Å². The van der Waals surface area contributed by atoms with E-state index < -0.39 is 5.41 Å². The number of amidine groups is 1. The summed E-state index contributed by atoms with van der Waals surface area (Å²) in [6, 6.07) is 74.7. The molecule has 4 nitrogen and oxygen atoms in total. The van der Waals surface area contributed by atoms with Gasteiger partial charge < -0.3 is 9.88 Å². The van der Waals surface area contributed by atoms with Crippen LogP contribution in [0.5, 0.6) is 0 Å². The van der Waals surface area contributed by atoms with E-state index in [4.69, 9.17) is 4.99 Å². The van der Waals surface area contributed by atoms with Crippen LogP contribution in [-0.4, -0.2) is 10.4 Å². The number of fused-ring (bicyclic) bond motifs is 7. The standard InChI is InChI=1S/C52H38N4/c1-5-17-35(18-6-1)49-53-50(36-19-7-2-8-20-36)55-51(54-49)37-29-31-40(32-30-37)56-46-28-16-14-26-42(46)44-34-33-43-41-25-13-15-27-45(41)52(47(43)48(44)56,38-21-9-3-10-22-38)39-23-11-4-12-24-39/h1-34,49,51,54H,(H,53,55). The molecule has 2 aliphatic rings. The highest BCUT2D eigenvalue weighted by Crippen LogP contribution is 2.59. The van der Waals surface area contributed by atoms with Gasteiger partial charge in [-0.25, -0.2) is 4.99 Å². The Kier molecular flexibility index (Phi) is 7.58. The Balaban J connectivity index is 1.12. The number of nitrogens with zero attached hydrogens (tertiary/aromatic N) is 2. The molecule has 9 aromatic rings. The molecule has 0 spiro atoms. The Morgan fingerprint density at radius 1 is 0.482 bits per heavy atom. The highest BCUT2D eigenvalue weighted by molar-refractivity contribution is 6.14. The van der Waals surface area contributed by atoms with Crippen LogP contribution in [0.25, 0.3) is 38.6 Å². The van der Waals surface area contributed by atoms with Crippen molar-refractivity contribution in [3.63, 3.8) is 0 Å². The van der Waals surface area contributed by atoms with Crippen LogP contribution in [0.2, 0.25) is 0 Å². The SMILES string of the molecule is c1ccc(C2=NC(c3ccccc3)NC(c3ccc(-n4c5ccccc5c5ccc6c(c54)C(c4ccccc4)(c4ccccc4)c4ccccc4-6)cc3)N2)cc1. The minimum absolute atomic E-state index is 0.150. The third-order valence-corrected chi connectivity index (χ3v) is 11.8. The summed E-state index contributed by atoms with van der Waals surface area (Å²) in [5.41, 5.74) is 14.0. The van der Waals surface area contributed by atoms with E-state index in [2.05, 4.69) is 215 Å². The van der Waals surface area contributed by atoms with Gasteiger partial charge in [0.2, 0.25) is 0 Å². The second kappa shape index (κ2) is 13.1. The van der Waals surface area contributed by atoms with E-state index in [1.54, 1.807) is 0 Å². The van der Waals surface area contributed by atoms with E-state index in [0.717, 1.165) is 28.2 Å². The van der Waals surface area contributed by atoms with Gasteiger partial charge in [-0.15, -0.1) is 0 Å². The van der Waals surface area contributed by atoms with Gasteiger partial charge in [-0.05, 0) is 57.1 Å². The maximum Gasteiger partial charge on any atom is 0.131 e. The van der Waals surface area contributed by atoms with E-state index in [1.807, 2.05) is 6.07 Å². The van der Waals surface area contributed by atoms with Crippen LogP contribution in [0.3, 0.4) is 0 Å². The monoisotopic (exact) mass is 718 g/mol. The number of nitrogens with one attached hydrogen (secondary N) is 2. The van der Waals surface area contributed by atoms with Gasteiger partial charge in [0, 0.05) is 27.6 Å². The zero-order chi connectivity index (χ0) is 37.1. The predicted molar refractivity (Wildman–Crippen MR) is 229 cm³/mol. The smallest absolute Gasteiger partial charge is 0.131 e. The fraction of sp³-hybridized carbons (Fsp3) is 0.0577. The van der Waals surface area contributed by atoms with E-state index in [9.17, 15) is 0 Å². The second-order valence-corrected chi connectivity index (χ2v) is 14.8. The lowest BCUT2D eigenvalue weighted by Crippen LogP contribution is -2.44. The number of para-hydroxylation sites is 1. The van der Waals surface area contributed by atoms with Crippen molar-refractivity contribution in [2.75, 3.05) is 0 Å². The molecular weight excluding hydrogens is 681 g/mol. The van der Waals surface area contributed by atoms with Crippen LogP contribution in [0, 0.1) is 0 Å². The number of rotatable bonds is 6. The summed E-state index contributed by atoms with van der Waals surface area (Å²) in [5.74, 6) is 0.878. The second-order valence-electron chi connectivity index (χ2n) is 14.8. The average Bonchev–Trinajstić information content (AvgIpc) is 3.79. The highest BCUT2D eigenvalue weighted by atomic mass is 15.3. The molecule has 0 amide bonds. The zero-order valence-electron chi connectivity index (χ0n) is 30.7. The largest absolute Gasteiger partial charge is 0.350 e. The van der Waals surface area contributed by atoms with Gasteiger partial charge in [-0.3, -0.25) is 5.32 Å². The van der Waals surface area contributed by atoms with E-state index in [1.165, 1.54) is 55.2 Å². The van der Waals surface area contributed by atoms with Gasteiger partial charge in [0.05, 0.1) is 16.4 Å². The lowest BCUT2D eigenvalue weighted by molar-refractivity contribution is 0.409. The Hall–Kier alpha value is -7.01. The summed E-state index contributed by atoms with van der Waals surface area (Å²) in [7, 11) is 0. The van der Waals surface area contributed by atoms with Crippen LogP contribution >= 0.6 is 0 Å². The predicted octanol–water partition coefficient (Wildman–Crippen LogP) is 11.5. The van der Waals surface area contributed by atoms with E-state index >= 15 is 0 Å². The van der Waals surface area contributed by atoms with Gasteiger partial charge in [-0.2, -0.15) is 0 Å². The normalized spacial score (nSPS) is 16.9. The van der Waals surface area contributed by atoms with Crippen LogP contribution in [0.15, 0.2) is 211 Å². The molecule has 1 aliphatic carbocycles. The molecular formula is C52H38N4. The fourth-order valence-electron chi connectivity index (χ4n) is 9.35. The van der Waals surface area contributed by atoms with Gasteiger partial charge in [0.1, 0.15) is 18.2 Å². The minimum Gasteiger partial charge on any atom is -0.350 e. The number of aromatic nitrogens is 1. The molecule has 2 unspecified atom stereocenters. The van der Waals surface area contributed by atoms with Crippen molar-refractivity contribution in [3.8, 4) is 16.8 Å². The number of aliphatic imine (C=N–C) groups is 1. The van der Waals surface area contributed by atoms with Crippen molar-refractivity contribution in [3.05, 3.63) is 245 Å². The molecule has 2 N–H and O–H groups in total. The first kappa shape index (κ1) is 32.4. The lowest BCUT2D eigenvalue weighted by atomic mass is 9.67. The summed E-state index contributed by atoms with van der Waals surface area (Å²) < 4.78 is 2.51. The topological polar surface area (TPSA) is 41.4 Å². The first-order valence-corrected chi connectivity index (χ1v) is 19.4. The Morgan fingerprint density at radius 3 is 1.80 bits per heavy atom.